The first-order valence-corrected chi connectivity index (χ1v) is 10.7. The minimum absolute atomic E-state index is 0.0552. The molecule has 2 aliphatic rings. The molecular formula is C24H27N3O6. The molecule has 0 aromatic heterocycles. The lowest BCUT2D eigenvalue weighted by molar-refractivity contribution is -0.132. The molecular weight excluding hydrogens is 426 g/mol. The average Bonchev–Trinajstić information content (AvgIpc) is 3.13. The number of amides is 4. The van der Waals surface area contributed by atoms with E-state index in [1.54, 1.807) is 50.5 Å². The molecule has 0 spiro atoms. The number of carbonyl (C=O) groups is 3. The number of methoxy groups -OCH3 is 3. The molecule has 4 rings (SSSR count). The minimum atomic E-state index is -0.731. The number of nitrogens with one attached hydrogen (secondary N) is 1. The van der Waals surface area contributed by atoms with Crippen LogP contribution in [-0.4, -0.2) is 56.7 Å². The molecule has 0 aliphatic carbocycles. The van der Waals surface area contributed by atoms with Gasteiger partial charge < -0.3 is 24.4 Å². The maximum atomic E-state index is 12.9. The highest BCUT2D eigenvalue weighted by Gasteiger charge is 2.39. The van der Waals surface area contributed by atoms with E-state index in [4.69, 9.17) is 14.2 Å². The van der Waals surface area contributed by atoms with Crippen molar-refractivity contribution in [3.8, 4) is 17.2 Å². The zero-order chi connectivity index (χ0) is 23.5. The van der Waals surface area contributed by atoms with E-state index in [0.717, 1.165) is 16.0 Å². The lowest BCUT2D eigenvalue weighted by Crippen LogP contribution is -2.37. The topological polar surface area (TPSA) is 97.4 Å². The number of hydrogen-bond donors (Lipinski definition) is 1. The van der Waals surface area contributed by atoms with Gasteiger partial charge in [-0.15, -0.1) is 0 Å². The molecule has 2 aromatic rings. The van der Waals surface area contributed by atoms with Crippen LogP contribution in [0.5, 0.6) is 17.2 Å². The molecule has 1 saturated heterocycles. The second kappa shape index (κ2) is 9.40. The van der Waals surface area contributed by atoms with E-state index in [1.165, 1.54) is 0 Å². The van der Waals surface area contributed by atoms with Crippen LogP contribution in [0.1, 0.15) is 24.0 Å². The largest absolute Gasteiger partial charge is 0.497 e. The van der Waals surface area contributed by atoms with Crippen molar-refractivity contribution in [2.24, 2.45) is 0 Å². The van der Waals surface area contributed by atoms with Gasteiger partial charge in [0.1, 0.15) is 11.8 Å². The van der Waals surface area contributed by atoms with Crippen LogP contribution in [0.25, 0.3) is 0 Å². The van der Waals surface area contributed by atoms with E-state index in [-0.39, 0.29) is 24.7 Å². The summed E-state index contributed by atoms with van der Waals surface area (Å²) < 4.78 is 15.9. The standard InChI is InChI=1S/C24H27N3O6/c1-31-18-6-4-17(5-7-18)27-23(29)19(25-24(27)30)8-9-22(28)26-11-10-15-12-20(32-2)21(33-3)13-16(15)14-26/h4-7,12-13,19H,8-11,14H2,1-3H3,(H,25,30). The third kappa shape index (κ3) is 4.44. The number of benzene rings is 2. The highest BCUT2D eigenvalue weighted by Crippen LogP contribution is 2.33. The van der Waals surface area contributed by atoms with Crippen LogP contribution in [0.3, 0.4) is 0 Å². The van der Waals surface area contributed by atoms with Crippen LogP contribution < -0.4 is 24.4 Å². The van der Waals surface area contributed by atoms with Crippen LogP contribution >= 0.6 is 0 Å². The number of ether oxygens (including phenoxy) is 3. The normalized spacial score (nSPS) is 17.5. The van der Waals surface area contributed by atoms with Gasteiger partial charge in [0, 0.05) is 19.5 Å². The summed E-state index contributed by atoms with van der Waals surface area (Å²) in [5.74, 6) is 1.52. The van der Waals surface area contributed by atoms with Crippen molar-refractivity contribution < 1.29 is 28.6 Å². The molecule has 1 unspecified atom stereocenters. The van der Waals surface area contributed by atoms with Crippen molar-refractivity contribution in [2.45, 2.75) is 31.8 Å². The number of anilines is 1. The van der Waals surface area contributed by atoms with Gasteiger partial charge in [0.05, 0.1) is 27.0 Å². The van der Waals surface area contributed by atoms with Crippen molar-refractivity contribution >= 4 is 23.5 Å². The maximum absolute atomic E-state index is 12.9. The summed E-state index contributed by atoms with van der Waals surface area (Å²) in [4.78, 5) is 41.0. The van der Waals surface area contributed by atoms with Crippen molar-refractivity contribution in [3.05, 3.63) is 47.5 Å². The zero-order valence-corrected chi connectivity index (χ0v) is 18.9. The Balaban J connectivity index is 1.37. The van der Waals surface area contributed by atoms with Gasteiger partial charge in [-0.3, -0.25) is 9.59 Å². The molecule has 0 bridgehead atoms. The van der Waals surface area contributed by atoms with Gasteiger partial charge in [-0.1, -0.05) is 0 Å². The second-order valence-corrected chi connectivity index (χ2v) is 7.95. The van der Waals surface area contributed by atoms with Crippen molar-refractivity contribution in [1.29, 1.82) is 0 Å². The molecule has 2 aliphatic heterocycles. The predicted octanol–water partition coefficient (Wildman–Crippen LogP) is 2.50. The van der Waals surface area contributed by atoms with Gasteiger partial charge in [0.15, 0.2) is 11.5 Å². The molecule has 1 atom stereocenters. The van der Waals surface area contributed by atoms with E-state index in [0.29, 0.717) is 42.4 Å². The molecule has 2 aromatic carbocycles. The van der Waals surface area contributed by atoms with Crippen molar-refractivity contribution in [3.63, 3.8) is 0 Å². The molecule has 0 saturated carbocycles. The Morgan fingerprint density at radius 3 is 2.30 bits per heavy atom. The summed E-state index contributed by atoms with van der Waals surface area (Å²) in [5, 5.41) is 2.69. The van der Waals surface area contributed by atoms with Crippen molar-refractivity contribution in [1.82, 2.24) is 10.2 Å². The quantitative estimate of drug-likeness (QED) is 0.647. The Morgan fingerprint density at radius 2 is 1.67 bits per heavy atom. The van der Waals surface area contributed by atoms with E-state index >= 15 is 0 Å². The highest BCUT2D eigenvalue weighted by atomic mass is 16.5. The monoisotopic (exact) mass is 453 g/mol. The summed E-state index contributed by atoms with van der Waals surface area (Å²) in [6.07, 6.45) is 1.12. The number of rotatable bonds is 7. The van der Waals surface area contributed by atoms with Crippen LogP contribution in [0.15, 0.2) is 36.4 Å². The van der Waals surface area contributed by atoms with Crippen LogP contribution in [0, 0.1) is 0 Å². The molecule has 4 amide bonds. The van der Waals surface area contributed by atoms with Gasteiger partial charge in [0.2, 0.25) is 5.91 Å². The number of carbonyl (C=O) groups excluding carboxylic acids is 3. The number of nitrogens with zero attached hydrogens (tertiary/aromatic N) is 2. The first-order chi connectivity index (χ1) is 15.9. The Labute approximate surface area is 192 Å². The molecule has 33 heavy (non-hydrogen) atoms. The number of fused-ring (bicyclic) bond motifs is 1. The zero-order valence-electron chi connectivity index (χ0n) is 18.9. The van der Waals surface area contributed by atoms with Crippen LogP contribution in [0.4, 0.5) is 10.5 Å². The van der Waals surface area contributed by atoms with E-state index < -0.39 is 12.1 Å². The van der Waals surface area contributed by atoms with Gasteiger partial charge in [-0.25, -0.2) is 9.69 Å². The Hall–Kier alpha value is -3.75. The molecule has 9 nitrogen and oxygen atoms in total. The summed E-state index contributed by atoms with van der Waals surface area (Å²) >= 11 is 0. The first kappa shape index (κ1) is 22.4. The summed E-state index contributed by atoms with van der Waals surface area (Å²) in [6, 6.07) is 9.31. The lowest BCUT2D eigenvalue weighted by atomic mass is 9.98. The number of imide groups is 1. The van der Waals surface area contributed by atoms with Gasteiger partial charge in [0.25, 0.3) is 5.91 Å². The number of hydrogen-bond acceptors (Lipinski definition) is 6. The molecule has 1 N–H and O–H groups in total. The lowest BCUT2D eigenvalue weighted by Gasteiger charge is -2.30. The fourth-order valence-corrected chi connectivity index (χ4v) is 4.22. The summed E-state index contributed by atoms with van der Waals surface area (Å²) in [6.45, 7) is 1.06. The molecule has 2 heterocycles. The summed E-state index contributed by atoms with van der Waals surface area (Å²) in [5.41, 5.74) is 2.61. The number of urea groups is 1. The fourth-order valence-electron chi connectivity index (χ4n) is 4.22. The second-order valence-electron chi connectivity index (χ2n) is 7.95. The Kier molecular flexibility index (Phi) is 6.39. The molecule has 9 heteroatoms. The summed E-state index contributed by atoms with van der Waals surface area (Å²) in [7, 11) is 4.73. The van der Waals surface area contributed by atoms with E-state index in [9.17, 15) is 14.4 Å². The van der Waals surface area contributed by atoms with Gasteiger partial charge in [-0.05, 0) is 60.4 Å². The smallest absolute Gasteiger partial charge is 0.329 e. The van der Waals surface area contributed by atoms with Crippen molar-refractivity contribution in [2.75, 3.05) is 32.8 Å². The minimum Gasteiger partial charge on any atom is -0.497 e. The van der Waals surface area contributed by atoms with Crippen LogP contribution in [0.2, 0.25) is 0 Å². The maximum Gasteiger partial charge on any atom is 0.329 e. The average molecular weight is 453 g/mol. The molecule has 1 fully saturated rings. The molecule has 0 radical (unpaired) electrons. The third-order valence-electron chi connectivity index (χ3n) is 6.07. The Morgan fingerprint density at radius 1 is 1.00 bits per heavy atom. The van der Waals surface area contributed by atoms with Gasteiger partial charge in [-0.2, -0.15) is 0 Å². The highest BCUT2D eigenvalue weighted by molar-refractivity contribution is 6.21. The predicted molar refractivity (Wildman–Crippen MR) is 121 cm³/mol. The van der Waals surface area contributed by atoms with Gasteiger partial charge >= 0.3 is 6.03 Å². The SMILES string of the molecule is COc1ccc(N2C(=O)NC(CCC(=O)N3CCc4cc(OC)c(OC)cc4C3)C2=O)cc1. The molecule has 174 valence electrons. The van der Waals surface area contributed by atoms with Crippen LogP contribution in [-0.2, 0) is 22.6 Å². The fraction of sp³-hybridized carbons (Fsp3) is 0.375. The third-order valence-corrected chi connectivity index (χ3v) is 6.07. The first-order valence-electron chi connectivity index (χ1n) is 10.7. The Bertz CT molecular complexity index is 1070. The van der Waals surface area contributed by atoms with E-state index in [1.807, 2.05) is 12.1 Å². The van der Waals surface area contributed by atoms with E-state index in [2.05, 4.69) is 5.32 Å².